The summed E-state index contributed by atoms with van der Waals surface area (Å²) in [6.45, 7) is 3.11. The second-order valence-electron chi connectivity index (χ2n) is 8.48. The summed E-state index contributed by atoms with van der Waals surface area (Å²) in [6, 6.07) is 22.9. The zero-order chi connectivity index (χ0) is 19.7. The van der Waals surface area contributed by atoms with Gasteiger partial charge in [-0.3, -0.25) is 4.79 Å². The Morgan fingerprint density at radius 3 is 2.48 bits per heavy atom. The van der Waals surface area contributed by atoms with Crippen molar-refractivity contribution in [1.82, 2.24) is 4.90 Å². The maximum absolute atomic E-state index is 12.9. The molecule has 0 saturated carbocycles. The van der Waals surface area contributed by atoms with Crippen LogP contribution >= 0.6 is 0 Å². The highest BCUT2D eigenvalue weighted by Crippen LogP contribution is 2.42. The number of fused-ring (bicyclic) bond motifs is 3. The second-order valence-corrected chi connectivity index (χ2v) is 8.48. The molecule has 2 aliphatic rings. The lowest BCUT2D eigenvalue weighted by atomic mass is 9.81. The molecule has 0 radical (unpaired) electrons. The van der Waals surface area contributed by atoms with Crippen molar-refractivity contribution < 1.29 is 9.53 Å². The standard InChI is InChI=1S/C26H27NO2/c28-24-19-26(29-25-22-11-5-4-10-21(22)12-13-23(24)25)14-17-27(18-15-26)16-6-9-20-7-2-1-3-8-20/h1-5,7-8,10-13H,6,9,14-19H2. The van der Waals surface area contributed by atoms with E-state index in [4.69, 9.17) is 4.74 Å². The van der Waals surface area contributed by atoms with Crippen molar-refractivity contribution in [2.24, 2.45) is 0 Å². The van der Waals surface area contributed by atoms with Gasteiger partial charge in [0.1, 0.15) is 11.4 Å². The number of likely N-dealkylation sites (tertiary alicyclic amines) is 1. The molecule has 0 amide bonds. The van der Waals surface area contributed by atoms with Gasteiger partial charge in [0.25, 0.3) is 0 Å². The number of hydrogen-bond donors (Lipinski definition) is 0. The Bertz CT molecular complexity index is 1020. The molecule has 1 fully saturated rings. The van der Waals surface area contributed by atoms with Gasteiger partial charge in [-0.05, 0) is 36.4 Å². The van der Waals surface area contributed by atoms with Gasteiger partial charge in [-0.15, -0.1) is 0 Å². The van der Waals surface area contributed by atoms with E-state index >= 15 is 0 Å². The van der Waals surface area contributed by atoms with Crippen molar-refractivity contribution in [3.8, 4) is 5.75 Å². The lowest BCUT2D eigenvalue weighted by molar-refractivity contribution is -0.00795. The Morgan fingerprint density at radius 1 is 0.897 bits per heavy atom. The molecule has 0 unspecified atom stereocenters. The highest BCUT2D eigenvalue weighted by atomic mass is 16.5. The third kappa shape index (κ3) is 3.67. The number of nitrogens with zero attached hydrogens (tertiary/aromatic N) is 1. The van der Waals surface area contributed by atoms with Gasteiger partial charge in [-0.2, -0.15) is 0 Å². The van der Waals surface area contributed by atoms with E-state index < -0.39 is 0 Å². The number of carbonyl (C=O) groups excluding carboxylic acids is 1. The van der Waals surface area contributed by atoms with Crippen LogP contribution in [0.4, 0.5) is 0 Å². The number of piperidine rings is 1. The molecule has 0 atom stereocenters. The second kappa shape index (κ2) is 7.64. The summed E-state index contributed by atoms with van der Waals surface area (Å²) in [5.41, 5.74) is 1.83. The van der Waals surface area contributed by atoms with Crippen LogP contribution in [-0.2, 0) is 6.42 Å². The van der Waals surface area contributed by atoms with Crippen LogP contribution < -0.4 is 4.74 Å². The zero-order valence-electron chi connectivity index (χ0n) is 16.8. The van der Waals surface area contributed by atoms with Gasteiger partial charge in [0.05, 0.1) is 12.0 Å². The molecule has 3 aromatic carbocycles. The van der Waals surface area contributed by atoms with Crippen molar-refractivity contribution in [3.05, 3.63) is 77.9 Å². The summed E-state index contributed by atoms with van der Waals surface area (Å²) in [6.07, 6.45) is 4.65. The first kappa shape index (κ1) is 18.4. The first-order chi connectivity index (χ1) is 14.2. The minimum atomic E-state index is -0.329. The quantitative estimate of drug-likeness (QED) is 0.612. The molecule has 148 valence electrons. The summed E-state index contributed by atoms with van der Waals surface area (Å²) >= 11 is 0. The smallest absolute Gasteiger partial charge is 0.170 e. The van der Waals surface area contributed by atoms with E-state index in [1.807, 2.05) is 24.3 Å². The van der Waals surface area contributed by atoms with Gasteiger partial charge in [-0.1, -0.05) is 60.7 Å². The molecule has 2 heterocycles. The van der Waals surface area contributed by atoms with Crippen LogP contribution in [0.5, 0.6) is 5.75 Å². The summed E-state index contributed by atoms with van der Waals surface area (Å²) < 4.78 is 6.62. The number of ether oxygens (including phenoxy) is 1. The Kier molecular flexibility index (Phi) is 4.84. The van der Waals surface area contributed by atoms with E-state index in [0.29, 0.717) is 6.42 Å². The van der Waals surface area contributed by atoms with Gasteiger partial charge in [0.15, 0.2) is 5.78 Å². The Hall–Kier alpha value is -2.65. The predicted octanol–water partition coefficient (Wildman–Crippen LogP) is 5.27. The summed E-state index contributed by atoms with van der Waals surface area (Å²) in [7, 11) is 0. The lowest BCUT2D eigenvalue weighted by Gasteiger charge is -2.44. The minimum absolute atomic E-state index is 0.231. The van der Waals surface area contributed by atoms with Crippen molar-refractivity contribution in [2.75, 3.05) is 19.6 Å². The fraction of sp³-hybridized carbons (Fsp3) is 0.346. The van der Waals surface area contributed by atoms with E-state index in [-0.39, 0.29) is 11.4 Å². The fourth-order valence-electron chi connectivity index (χ4n) is 4.83. The fourth-order valence-corrected chi connectivity index (χ4v) is 4.83. The van der Waals surface area contributed by atoms with E-state index in [9.17, 15) is 4.79 Å². The molecule has 5 rings (SSSR count). The normalized spacial score (nSPS) is 18.6. The van der Waals surface area contributed by atoms with Gasteiger partial charge < -0.3 is 9.64 Å². The highest BCUT2D eigenvalue weighted by molar-refractivity contribution is 6.06. The van der Waals surface area contributed by atoms with Crippen LogP contribution in [0.15, 0.2) is 66.7 Å². The molecule has 3 aromatic rings. The van der Waals surface area contributed by atoms with Gasteiger partial charge in [-0.25, -0.2) is 0 Å². The molecular formula is C26H27NO2. The number of carbonyl (C=O) groups is 1. The van der Waals surface area contributed by atoms with Crippen LogP contribution in [-0.4, -0.2) is 35.9 Å². The third-order valence-corrected chi connectivity index (χ3v) is 6.53. The minimum Gasteiger partial charge on any atom is -0.485 e. The molecule has 3 nitrogen and oxygen atoms in total. The summed E-state index contributed by atoms with van der Waals surface area (Å²) in [5.74, 6) is 1.03. The Labute approximate surface area is 172 Å². The molecule has 3 heteroatoms. The van der Waals surface area contributed by atoms with Crippen molar-refractivity contribution in [3.63, 3.8) is 0 Å². The van der Waals surface area contributed by atoms with Crippen LogP contribution in [0, 0.1) is 0 Å². The van der Waals surface area contributed by atoms with Crippen molar-refractivity contribution in [1.29, 1.82) is 0 Å². The molecule has 0 aromatic heterocycles. The molecule has 1 spiro atoms. The number of hydrogen-bond acceptors (Lipinski definition) is 3. The monoisotopic (exact) mass is 385 g/mol. The van der Waals surface area contributed by atoms with Crippen LogP contribution in [0.3, 0.4) is 0 Å². The molecule has 0 bridgehead atoms. The van der Waals surface area contributed by atoms with Crippen LogP contribution in [0.1, 0.15) is 41.6 Å². The van der Waals surface area contributed by atoms with Crippen LogP contribution in [0.2, 0.25) is 0 Å². The van der Waals surface area contributed by atoms with E-state index in [1.54, 1.807) is 0 Å². The molecule has 1 saturated heterocycles. The first-order valence-electron chi connectivity index (χ1n) is 10.7. The average molecular weight is 386 g/mol. The maximum Gasteiger partial charge on any atom is 0.170 e. The van der Waals surface area contributed by atoms with E-state index in [2.05, 4.69) is 47.4 Å². The highest BCUT2D eigenvalue weighted by Gasteiger charge is 2.43. The molecular weight excluding hydrogens is 358 g/mol. The molecule has 29 heavy (non-hydrogen) atoms. The molecule has 0 N–H and O–H groups in total. The summed E-state index contributed by atoms with van der Waals surface area (Å²) in [4.78, 5) is 15.4. The number of ketones is 1. The number of benzene rings is 3. The van der Waals surface area contributed by atoms with Gasteiger partial charge >= 0.3 is 0 Å². The summed E-state index contributed by atoms with van der Waals surface area (Å²) in [5, 5.41) is 2.19. The predicted molar refractivity (Wildman–Crippen MR) is 117 cm³/mol. The third-order valence-electron chi connectivity index (χ3n) is 6.53. The zero-order valence-corrected chi connectivity index (χ0v) is 16.8. The topological polar surface area (TPSA) is 29.5 Å². The molecule has 2 aliphatic heterocycles. The van der Waals surface area contributed by atoms with Crippen LogP contribution in [0.25, 0.3) is 10.8 Å². The number of aryl methyl sites for hydroxylation is 1. The van der Waals surface area contributed by atoms with E-state index in [0.717, 1.165) is 61.0 Å². The SMILES string of the molecule is O=C1CC2(CCN(CCCc3ccccc3)CC2)Oc2c1ccc1ccccc21. The average Bonchev–Trinajstić information content (AvgIpc) is 2.76. The van der Waals surface area contributed by atoms with Gasteiger partial charge in [0, 0.05) is 31.3 Å². The Morgan fingerprint density at radius 2 is 1.66 bits per heavy atom. The van der Waals surface area contributed by atoms with E-state index in [1.165, 1.54) is 12.0 Å². The Balaban J connectivity index is 1.25. The number of rotatable bonds is 4. The number of Topliss-reactive ketones (excluding diaryl/α,β-unsaturated/α-hetero) is 1. The lowest BCUT2D eigenvalue weighted by Crippen LogP contribution is -2.51. The maximum atomic E-state index is 12.9. The molecule has 0 aliphatic carbocycles. The van der Waals surface area contributed by atoms with Crippen molar-refractivity contribution in [2.45, 2.75) is 37.7 Å². The van der Waals surface area contributed by atoms with Crippen molar-refractivity contribution >= 4 is 16.6 Å². The van der Waals surface area contributed by atoms with Gasteiger partial charge in [0.2, 0.25) is 0 Å². The first-order valence-corrected chi connectivity index (χ1v) is 10.7. The largest absolute Gasteiger partial charge is 0.485 e.